The minimum Gasteiger partial charge on any atom is -0.418 e. The molecule has 1 fully saturated rings. The molecular formula is C25H33BF4N2. The van der Waals surface area contributed by atoms with Crippen molar-refractivity contribution in [3.8, 4) is 0 Å². The fraction of sp³-hybridized carbons (Fsp3) is 0.480. The van der Waals surface area contributed by atoms with Gasteiger partial charge in [0.15, 0.2) is 0 Å². The van der Waals surface area contributed by atoms with E-state index in [0.29, 0.717) is 12.1 Å². The molecular weight excluding hydrogens is 415 g/mol. The first kappa shape index (κ1) is 24.3. The molecule has 2 atom stereocenters. The average molecular weight is 448 g/mol. The van der Waals surface area contributed by atoms with E-state index in [-0.39, 0.29) is 0 Å². The highest BCUT2D eigenvalue weighted by Gasteiger charge is 2.46. The molecule has 0 spiro atoms. The predicted octanol–water partition coefficient (Wildman–Crippen LogP) is 7.34. The van der Waals surface area contributed by atoms with E-state index in [1.165, 1.54) is 70.4 Å². The third-order valence-corrected chi connectivity index (χ3v) is 6.44. The van der Waals surface area contributed by atoms with E-state index in [4.69, 9.17) is 0 Å². The number of aryl methyl sites for hydroxylation is 6. The van der Waals surface area contributed by atoms with Crippen molar-refractivity contribution in [3.05, 3.63) is 57.6 Å². The highest BCUT2D eigenvalue weighted by Crippen LogP contribution is 2.39. The van der Waals surface area contributed by atoms with Crippen LogP contribution in [0.5, 0.6) is 0 Å². The molecule has 1 aliphatic heterocycles. The molecule has 2 nitrogen and oxygen atoms in total. The molecule has 0 unspecified atom stereocenters. The van der Waals surface area contributed by atoms with Gasteiger partial charge in [0.25, 0.3) is 0 Å². The average Bonchev–Trinajstić information content (AvgIpc) is 2.98. The van der Waals surface area contributed by atoms with Gasteiger partial charge >= 0.3 is 7.25 Å². The minimum absolute atomic E-state index is 0.582. The van der Waals surface area contributed by atoms with Gasteiger partial charge in [-0.25, -0.2) is 9.48 Å². The van der Waals surface area contributed by atoms with Crippen molar-refractivity contribution in [1.82, 2.24) is 0 Å². The van der Waals surface area contributed by atoms with Crippen LogP contribution in [-0.2, 0) is 0 Å². The van der Waals surface area contributed by atoms with Crippen molar-refractivity contribution in [3.63, 3.8) is 0 Å². The lowest BCUT2D eigenvalue weighted by atomic mass is 9.88. The Hall–Kier alpha value is -2.31. The van der Waals surface area contributed by atoms with Crippen LogP contribution in [0.25, 0.3) is 0 Å². The standard InChI is InChI=1S/C25H33N2.BF4/c1-16-11-18(3)24(19(4)12-16)26-15-27(23-10-8-7-9-22(23)26)25-20(5)13-17(2)14-21(25)6;2-1(3,4)5/h11-15,22-23H,7-10H2,1-6H3;/q+1;-1/t22-,23-;/m0./s1. The molecule has 2 aromatic rings. The Labute approximate surface area is 189 Å². The van der Waals surface area contributed by atoms with Crippen LogP contribution >= 0.6 is 0 Å². The molecule has 0 bridgehead atoms. The fourth-order valence-corrected chi connectivity index (χ4v) is 5.65. The van der Waals surface area contributed by atoms with Gasteiger partial charge in [-0.3, -0.25) is 0 Å². The van der Waals surface area contributed by atoms with E-state index in [0.717, 1.165) is 0 Å². The Morgan fingerprint density at radius 1 is 0.750 bits per heavy atom. The van der Waals surface area contributed by atoms with Gasteiger partial charge in [-0.1, -0.05) is 35.4 Å². The zero-order chi connectivity index (χ0) is 23.8. The summed E-state index contributed by atoms with van der Waals surface area (Å²) in [5.41, 5.74) is 11.1. The fourth-order valence-electron chi connectivity index (χ4n) is 5.65. The monoisotopic (exact) mass is 448 g/mol. The van der Waals surface area contributed by atoms with Crippen LogP contribution in [0.4, 0.5) is 28.6 Å². The summed E-state index contributed by atoms with van der Waals surface area (Å²) in [6, 6.07) is 10.5. The second-order valence-corrected chi connectivity index (χ2v) is 9.34. The summed E-state index contributed by atoms with van der Waals surface area (Å²) in [6.07, 6.45) is 7.68. The molecule has 0 aromatic heterocycles. The van der Waals surface area contributed by atoms with Crippen LogP contribution in [0.1, 0.15) is 59.1 Å². The number of hydrogen-bond acceptors (Lipinski definition) is 1. The van der Waals surface area contributed by atoms with E-state index in [1.54, 1.807) is 0 Å². The van der Waals surface area contributed by atoms with Crippen molar-refractivity contribution < 1.29 is 21.8 Å². The summed E-state index contributed by atoms with van der Waals surface area (Å²) >= 11 is 0. The number of rotatable bonds is 2. The van der Waals surface area contributed by atoms with Gasteiger partial charge in [0.2, 0.25) is 6.34 Å². The lowest BCUT2D eigenvalue weighted by Gasteiger charge is -2.29. The number of fused-ring (bicyclic) bond motifs is 1. The second kappa shape index (κ2) is 9.28. The number of nitrogens with zero attached hydrogens (tertiary/aromatic N) is 2. The first-order valence-corrected chi connectivity index (χ1v) is 11.3. The van der Waals surface area contributed by atoms with Crippen molar-refractivity contribution in [1.29, 1.82) is 0 Å². The summed E-state index contributed by atoms with van der Waals surface area (Å²) in [5, 5.41) is 0. The summed E-state index contributed by atoms with van der Waals surface area (Å²) in [6.45, 7) is 13.5. The lowest BCUT2D eigenvalue weighted by molar-refractivity contribution is -0.478. The number of benzene rings is 2. The lowest BCUT2D eigenvalue weighted by Crippen LogP contribution is -2.41. The molecule has 2 aromatic carbocycles. The highest BCUT2D eigenvalue weighted by atomic mass is 19.5. The normalized spacial score (nSPS) is 20.4. The Morgan fingerprint density at radius 3 is 1.69 bits per heavy atom. The Bertz CT molecular complexity index is 977. The SMILES string of the molecule is Cc1cc(C)c(N2C=[N+](c3c(C)cc(C)cc3C)[C@H]3CCCC[C@@H]32)c(C)c1.F[B-](F)(F)F. The third kappa shape index (κ3) is 5.36. The summed E-state index contributed by atoms with van der Waals surface area (Å²) < 4.78 is 41.6. The van der Waals surface area contributed by atoms with Crippen LogP contribution in [0, 0.1) is 41.5 Å². The number of anilines is 1. The quantitative estimate of drug-likeness (QED) is 0.265. The van der Waals surface area contributed by atoms with Gasteiger partial charge in [0.1, 0.15) is 23.5 Å². The number of hydrogen-bond donors (Lipinski definition) is 0. The molecule has 1 saturated carbocycles. The zero-order valence-electron chi connectivity index (χ0n) is 19.9. The van der Waals surface area contributed by atoms with Gasteiger partial charge in [-0.2, -0.15) is 0 Å². The molecule has 174 valence electrons. The minimum atomic E-state index is -6.00. The van der Waals surface area contributed by atoms with Crippen LogP contribution in [0.3, 0.4) is 0 Å². The van der Waals surface area contributed by atoms with E-state index < -0.39 is 7.25 Å². The number of halogens is 4. The van der Waals surface area contributed by atoms with E-state index in [2.05, 4.69) is 81.6 Å². The first-order valence-electron chi connectivity index (χ1n) is 11.3. The predicted molar refractivity (Wildman–Crippen MR) is 126 cm³/mol. The smallest absolute Gasteiger partial charge is 0.418 e. The Kier molecular flexibility index (Phi) is 7.06. The van der Waals surface area contributed by atoms with Gasteiger partial charge in [-0.05, 0) is 89.5 Å². The van der Waals surface area contributed by atoms with Crippen LogP contribution in [-0.4, -0.2) is 30.3 Å². The van der Waals surface area contributed by atoms with Gasteiger partial charge in [0.05, 0.1) is 0 Å². The van der Waals surface area contributed by atoms with E-state index >= 15 is 0 Å². The zero-order valence-corrected chi connectivity index (χ0v) is 19.9. The van der Waals surface area contributed by atoms with Crippen molar-refractivity contribution in [2.45, 2.75) is 79.3 Å². The maximum absolute atomic E-state index is 9.75. The molecule has 32 heavy (non-hydrogen) atoms. The topological polar surface area (TPSA) is 6.25 Å². The molecule has 4 rings (SSSR count). The summed E-state index contributed by atoms with van der Waals surface area (Å²) in [7, 11) is -6.00. The van der Waals surface area contributed by atoms with E-state index in [9.17, 15) is 17.3 Å². The summed E-state index contributed by atoms with van der Waals surface area (Å²) in [5.74, 6) is 0. The van der Waals surface area contributed by atoms with Crippen molar-refractivity contribution in [2.24, 2.45) is 0 Å². The second-order valence-electron chi connectivity index (χ2n) is 9.34. The molecule has 0 amide bonds. The highest BCUT2D eigenvalue weighted by molar-refractivity contribution is 6.50. The maximum atomic E-state index is 9.75. The van der Waals surface area contributed by atoms with Crippen molar-refractivity contribution >= 4 is 25.0 Å². The Balaban J connectivity index is 0.000000523. The molecule has 1 aliphatic carbocycles. The molecule has 0 N–H and O–H groups in total. The molecule has 0 radical (unpaired) electrons. The first-order chi connectivity index (χ1) is 14.9. The van der Waals surface area contributed by atoms with Crippen LogP contribution in [0.15, 0.2) is 24.3 Å². The van der Waals surface area contributed by atoms with Gasteiger partial charge in [-0.15, -0.1) is 0 Å². The largest absolute Gasteiger partial charge is 0.673 e. The maximum Gasteiger partial charge on any atom is 0.673 e. The molecule has 2 aliphatic rings. The molecule has 1 heterocycles. The summed E-state index contributed by atoms with van der Waals surface area (Å²) in [4.78, 5) is 2.60. The molecule has 7 heteroatoms. The Morgan fingerprint density at radius 2 is 1.19 bits per heavy atom. The van der Waals surface area contributed by atoms with Crippen molar-refractivity contribution in [2.75, 3.05) is 4.90 Å². The van der Waals surface area contributed by atoms with Crippen LogP contribution < -0.4 is 4.90 Å². The van der Waals surface area contributed by atoms with Crippen LogP contribution in [0.2, 0.25) is 0 Å². The third-order valence-electron chi connectivity index (χ3n) is 6.44. The van der Waals surface area contributed by atoms with Gasteiger partial charge < -0.3 is 17.3 Å². The van der Waals surface area contributed by atoms with Gasteiger partial charge in [0, 0.05) is 0 Å². The van der Waals surface area contributed by atoms with E-state index in [1.807, 2.05) is 0 Å². The molecule has 0 saturated heterocycles.